The van der Waals surface area contributed by atoms with Crippen molar-refractivity contribution in [3.63, 3.8) is 0 Å². The van der Waals surface area contributed by atoms with Gasteiger partial charge in [0.2, 0.25) is 12.0 Å². The van der Waals surface area contributed by atoms with E-state index in [0.717, 1.165) is 6.26 Å². The van der Waals surface area contributed by atoms with Gasteiger partial charge in [0.05, 0.1) is 4.90 Å². The van der Waals surface area contributed by atoms with Gasteiger partial charge in [-0.2, -0.15) is 0 Å². The van der Waals surface area contributed by atoms with E-state index in [9.17, 15) is 13.2 Å². The lowest BCUT2D eigenvalue weighted by atomic mass is 10.2. The molecular weight excluding hydrogens is 386 g/mol. The van der Waals surface area contributed by atoms with E-state index in [1.807, 2.05) is 0 Å². The minimum atomic E-state index is -3.37. The van der Waals surface area contributed by atoms with Crippen LogP contribution in [0.1, 0.15) is 0 Å². The third-order valence-electron chi connectivity index (χ3n) is 3.97. The molecule has 1 N–H and O–H groups in total. The van der Waals surface area contributed by atoms with Crippen LogP contribution in [0.4, 0.5) is 6.01 Å². The molecule has 0 unspecified atom stereocenters. The Morgan fingerprint density at radius 2 is 1.89 bits per heavy atom. The minimum Gasteiger partial charge on any atom is -0.485 e. The second-order valence-corrected chi connectivity index (χ2v) is 8.08. The topological polar surface area (TPSA) is 121 Å². The van der Waals surface area contributed by atoms with Crippen molar-refractivity contribution in [2.45, 2.75) is 11.0 Å². The number of fused-ring (bicyclic) bond motifs is 1. The number of anilines is 1. The number of amides is 1. The van der Waals surface area contributed by atoms with E-state index in [2.05, 4.69) is 15.5 Å². The summed E-state index contributed by atoms with van der Waals surface area (Å²) in [5.74, 6) is 0.608. The fourth-order valence-corrected chi connectivity index (χ4v) is 3.25. The van der Waals surface area contributed by atoms with Crippen LogP contribution < -0.4 is 14.8 Å². The standard InChI is InChI=1S/C18H15N3O6S/c1-28(23,24)12-6-4-5-11(9-12)17-20-21-18(27-17)19-16(22)15-10-25-13-7-2-3-8-14(13)26-15/h2-9,15H,10H2,1H3,(H,19,21,22)/t15-/m1/s1. The van der Waals surface area contributed by atoms with Gasteiger partial charge in [-0.05, 0) is 30.3 Å². The Balaban J connectivity index is 1.48. The molecule has 2 aromatic carbocycles. The molecule has 0 spiro atoms. The maximum absolute atomic E-state index is 12.4. The maximum atomic E-state index is 12.4. The summed E-state index contributed by atoms with van der Waals surface area (Å²) in [5.41, 5.74) is 0.419. The van der Waals surface area contributed by atoms with Gasteiger partial charge >= 0.3 is 6.01 Å². The van der Waals surface area contributed by atoms with E-state index < -0.39 is 21.8 Å². The molecule has 10 heteroatoms. The van der Waals surface area contributed by atoms with Crippen molar-refractivity contribution in [1.82, 2.24) is 10.2 Å². The van der Waals surface area contributed by atoms with Crippen molar-refractivity contribution in [3.05, 3.63) is 48.5 Å². The van der Waals surface area contributed by atoms with Crippen LogP contribution in [0.25, 0.3) is 11.5 Å². The van der Waals surface area contributed by atoms with Crippen LogP contribution in [0.15, 0.2) is 57.8 Å². The number of nitrogens with one attached hydrogen (secondary N) is 1. The largest absolute Gasteiger partial charge is 0.485 e. The monoisotopic (exact) mass is 401 g/mol. The lowest BCUT2D eigenvalue weighted by Crippen LogP contribution is -2.40. The highest BCUT2D eigenvalue weighted by Crippen LogP contribution is 2.31. The third kappa shape index (κ3) is 3.67. The Kier molecular flexibility index (Phi) is 4.47. The number of carbonyl (C=O) groups is 1. The Labute approximate surface area is 160 Å². The summed E-state index contributed by atoms with van der Waals surface area (Å²) in [4.78, 5) is 12.5. The van der Waals surface area contributed by atoms with Crippen LogP contribution in [0, 0.1) is 0 Å². The number of hydrogen-bond acceptors (Lipinski definition) is 8. The third-order valence-corrected chi connectivity index (χ3v) is 5.08. The molecule has 1 atom stereocenters. The van der Waals surface area contributed by atoms with E-state index in [1.165, 1.54) is 12.1 Å². The Morgan fingerprint density at radius 1 is 1.11 bits per heavy atom. The fourth-order valence-electron chi connectivity index (χ4n) is 2.58. The number of ether oxygens (including phenoxy) is 2. The summed E-state index contributed by atoms with van der Waals surface area (Å²) in [7, 11) is -3.37. The number of nitrogens with zero attached hydrogens (tertiary/aromatic N) is 2. The predicted octanol–water partition coefficient (Wildman–Crippen LogP) is 1.92. The average Bonchev–Trinajstić information content (AvgIpc) is 3.15. The second kappa shape index (κ2) is 6.97. The van der Waals surface area contributed by atoms with E-state index in [-0.39, 0.29) is 23.4 Å². The van der Waals surface area contributed by atoms with Gasteiger partial charge in [-0.3, -0.25) is 10.1 Å². The molecule has 0 saturated carbocycles. The first-order chi connectivity index (χ1) is 13.4. The van der Waals surface area contributed by atoms with E-state index in [1.54, 1.807) is 36.4 Å². The van der Waals surface area contributed by atoms with Gasteiger partial charge in [-0.25, -0.2) is 8.42 Å². The highest BCUT2D eigenvalue weighted by molar-refractivity contribution is 7.90. The molecule has 0 aliphatic carbocycles. The molecule has 3 aromatic rings. The van der Waals surface area contributed by atoms with Gasteiger partial charge in [0.25, 0.3) is 5.91 Å². The minimum absolute atomic E-state index is 0.0419. The zero-order chi connectivity index (χ0) is 19.7. The molecule has 2 heterocycles. The van der Waals surface area contributed by atoms with Crippen molar-refractivity contribution < 1.29 is 27.1 Å². The molecule has 0 fully saturated rings. The lowest BCUT2D eigenvalue weighted by molar-refractivity contribution is -0.125. The van der Waals surface area contributed by atoms with Crippen LogP contribution >= 0.6 is 0 Å². The quantitative estimate of drug-likeness (QED) is 0.704. The molecule has 1 amide bonds. The summed E-state index contributed by atoms with van der Waals surface area (Å²) in [6.07, 6.45) is 0.231. The van der Waals surface area contributed by atoms with Gasteiger partial charge in [0.15, 0.2) is 21.3 Å². The van der Waals surface area contributed by atoms with Crippen molar-refractivity contribution in [2.75, 3.05) is 18.2 Å². The van der Waals surface area contributed by atoms with Crippen LogP contribution in [0.2, 0.25) is 0 Å². The van der Waals surface area contributed by atoms with E-state index >= 15 is 0 Å². The van der Waals surface area contributed by atoms with E-state index in [4.69, 9.17) is 13.9 Å². The molecule has 1 aromatic heterocycles. The van der Waals surface area contributed by atoms with Gasteiger partial charge in [-0.15, -0.1) is 5.10 Å². The average molecular weight is 401 g/mol. The van der Waals surface area contributed by atoms with Crippen LogP contribution in [-0.4, -0.2) is 43.5 Å². The number of rotatable bonds is 4. The normalized spacial score (nSPS) is 15.8. The lowest BCUT2D eigenvalue weighted by Gasteiger charge is -2.24. The van der Waals surface area contributed by atoms with Gasteiger partial charge in [0, 0.05) is 11.8 Å². The van der Waals surface area contributed by atoms with Crippen molar-refractivity contribution >= 4 is 21.8 Å². The fraction of sp³-hybridized carbons (Fsp3) is 0.167. The summed E-state index contributed by atoms with van der Waals surface area (Å²) in [6, 6.07) is 13.0. The first-order valence-corrected chi connectivity index (χ1v) is 10.1. The molecule has 1 aliphatic heterocycles. The molecule has 4 rings (SSSR count). The van der Waals surface area contributed by atoms with Crippen LogP contribution in [0.3, 0.4) is 0 Å². The molecule has 0 saturated heterocycles. The van der Waals surface area contributed by atoms with Crippen LogP contribution in [0.5, 0.6) is 11.5 Å². The number of benzene rings is 2. The van der Waals surface area contributed by atoms with Crippen molar-refractivity contribution in [2.24, 2.45) is 0 Å². The molecule has 28 heavy (non-hydrogen) atoms. The molecule has 0 bridgehead atoms. The summed E-state index contributed by atoms with van der Waals surface area (Å²) >= 11 is 0. The number of para-hydroxylation sites is 2. The first-order valence-electron chi connectivity index (χ1n) is 8.23. The Bertz CT molecular complexity index is 1140. The molecule has 1 aliphatic rings. The summed E-state index contributed by atoms with van der Waals surface area (Å²) in [6.45, 7) is 0.0419. The van der Waals surface area contributed by atoms with Gasteiger partial charge in [-0.1, -0.05) is 23.3 Å². The summed E-state index contributed by atoms with van der Waals surface area (Å²) in [5, 5.41) is 10.1. The first kappa shape index (κ1) is 18.0. The predicted molar refractivity (Wildman–Crippen MR) is 97.8 cm³/mol. The van der Waals surface area contributed by atoms with E-state index in [0.29, 0.717) is 17.1 Å². The number of hydrogen-bond donors (Lipinski definition) is 1. The van der Waals surface area contributed by atoms with Crippen molar-refractivity contribution in [1.29, 1.82) is 0 Å². The number of carbonyl (C=O) groups excluding carboxylic acids is 1. The number of sulfone groups is 1. The molecule has 0 radical (unpaired) electrons. The maximum Gasteiger partial charge on any atom is 0.322 e. The van der Waals surface area contributed by atoms with Crippen LogP contribution in [-0.2, 0) is 14.6 Å². The zero-order valence-electron chi connectivity index (χ0n) is 14.7. The highest BCUT2D eigenvalue weighted by atomic mass is 32.2. The molecule has 9 nitrogen and oxygen atoms in total. The van der Waals surface area contributed by atoms with Crippen molar-refractivity contribution in [3.8, 4) is 23.0 Å². The number of aromatic nitrogens is 2. The smallest absolute Gasteiger partial charge is 0.322 e. The van der Waals surface area contributed by atoms with Gasteiger partial charge < -0.3 is 13.9 Å². The SMILES string of the molecule is CS(=O)(=O)c1cccc(-c2nnc(NC(=O)[C@H]3COc4ccccc4O3)o2)c1. The Morgan fingerprint density at radius 3 is 2.68 bits per heavy atom. The van der Waals surface area contributed by atoms with Gasteiger partial charge in [0.1, 0.15) is 6.61 Å². The summed E-state index contributed by atoms with van der Waals surface area (Å²) < 4.78 is 39.9. The zero-order valence-corrected chi connectivity index (χ0v) is 15.5. The molecular formula is C18H15N3O6S. The highest BCUT2D eigenvalue weighted by Gasteiger charge is 2.28. The molecule has 144 valence electrons. The second-order valence-electron chi connectivity index (χ2n) is 6.07. The Hall–Kier alpha value is -3.40.